The maximum Gasteiger partial charge on any atom is 0.346 e. The van der Waals surface area contributed by atoms with E-state index < -0.39 is 7.67 Å². The van der Waals surface area contributed by atoms with Crippen LogP contribution in [0.15, 0.2) is 0 Å². The molecule has 0 aromatic heterocycles. The van der Waals surface area contributed by atoms with Gasteiger partial charge >= 0.3 is 7.67 Å². The van der Waals surface area contributed by atoms with Gasteiger partial charge in [0.25, 0.3) is 0 Å². The molecule has 1 aliphatic heterocycles. The van der Waals surface area contributed by atoms with Gasteiger partial charge in [-0.1, -0.05) is 12.8 Å². The van der Waals surface area contributed by atoms with Gasteiger partial charge in [0.05, 0.1) is 6.10 Å². The Morgan fingerprint density at radius 1 is 1.26 bits per heavy atom. The minimum Gasteiger partial charge on any atom is -0.302 e. The Balaban J connectivity index is 2.13. The van der Waals surface area contributed by atoms with Crippen molar-refractivity contribution < 1.29 is 9.09 Å². The van der Waals surface area contributed by atoms with E-state index in [1.165, 1.54) is 19.3 Å². The molecule has 2 aliphatic rings. The summed E-state index contributed by atoms with van der Waals surface area (Å²) >= 11 is 11.6. The van der Waals surface area contributed by atoms with E-state index >= 15 is 0 Å². The van der Waals surface area contributed by atoms with E-state index in [0.29, 0.717) is 30.8 Å². The van der Waals surface area contributed by atoms with Crippen LogP contribution < -0.4 is 0 Å². The van der Waals surface area contributed by atoms with Crippen LogP contribution in [-0.4, -0.2) is 53.9 Å². The summed E-state index contributed by atoms with van der Waals surface area (Å²) < 4.78 is 23.0. The molecule has 1 saturated carbocycles. The number of alkyl halides is 2. The molecule has 0 aromatic rings. The van der Waals surface area contributed by atoms with Crippen LogP contribution in [0.4, 0.5) is 0 Å². The zero-order valence-electron chi connectivity index (χ0n) is 11.4. The minimum absolute atomic E-state index is 0.143. The van der Waals surface area contributed by atoms with E-state index in [4.69, 9.17) is 27.7 Å². The van der Waals surface area contributed by atoms with Crippen LogP contribution in [0.25, 0.3) is 0 Å². The molecule has 1 saturated heterocycles. The highest BCUT2D eigenvalue weighted by Crippen LogP contribution is 2.59. The summed E-state index contributed by atoms with van der Waals surface area (Å²) in [6, 6.07) is 0. The van der Waals surface area contributed by atoms with Crippen LogP contribution in [0, 0.1) is 5.92 Å². The normalized spacial score (nSPS) is 36.4. The third-order valence-corrected chi connectivity index (χ3v) is 7.11. The van der Waals surface area contributed by atoms with Crippen LogP contribution in [0.1, 0.15) is 25.7 Å². The fourth-order valence-electron chi connectivity index (χ4n) is 3.06. The van der Waals surface area contributed by atoms with E-state index in [9.17, 15) is 4.57 Å². The molecule has 1 heterocycles. The van der Waals surface area contributed by atoms with Crippen molar-refractivity contribution in [1.82, 2.24) is 9.34 Å². The Hall–Kier alpha value is 0.690. The molecule has 0 N–H and O–H groups in total. The first kappa shape index (κ1) is 16.1. The molecule has 2 fully saturated rings. The molecule has 112 valence electrons. The zero-order chi connectivity index (χ0) is 13.9. The molecule has 0 spiro atoms. The fourth-order valence-corrected chi connectivity index (χ4v) is 6.18. The highest BCUT2D eigenvalue weighted by Gasteiger charge is 2.46. The van der Waals surface area contributed by atoms with Crippen LogP contribution in [-0.2, 0) is 9.09 Å². The Kier molecular flexibility index (Phi) is 6.01. The number of fused-ring (bicyclic) bond motifs is 1. The molecule has 3 atom stereocenters. The minimum atomic E-state index is -2.94. The number of nitrogens with zero attached hydrogens (tertiary/aromatic N) is 2. The number of hydrogen-bond donors (Lipinski definition) is 0. The van der Waals surface area contributed by atoms with Gasteiger partial charge in [-0.15, -0.1) is 23.2 Å². The van der Waals surface area contributed by atoms with Gasteiger partial charge in [-0.2, -0.15) is 0 Å². The first-order chi connectivity index (χ1) is 9.11. The first-order valence-electron chi connectivity index (χ1n) is 6.99. The summed E-state index contributed by atoms with van der Waals surface area (Å²) in [5.41, 5.74) is 0. The summed E-state index contributed by atoms with van der Waals surface area (Å²) in [7, 11) is -1.05. The zero-order valence-corrected chi connectivity index (χ0v) is 13.8. The molecule has 0 unspecified atom stereocenters. The Morgan fingerprint density at radius 2 is 1.89 bits per heavy atom. The number of halogens is 2. The van der Waals surface area contributed by atoms with E-state index in [0.717, 1.165) is 13.0 Å². The standard InChI is InChI=1S/C12H23Cl2N2O2P/c1-15-10-11-4-2-3-5-12(11)18-19(15,17)16(8-6-13)9-7-14/h11-12H,2-10H2,1H3/t11-,12+,19+/m1/s1. The molecule has 0 radical (unpaired) electrons. The first-order valence-corrected chi connectivity index (χ1v) is 9.59. The molecule has 2 rings (SSSR count). The third-order valence-electron chi connectivity index (χ3n) is 4.08. The molecule has 19 heavy (non-hydrogen) atoms. The van der Waals surface area contributed by atoms with Gasteiger partial charge in [0.15, 0.2) is 0 Å². The predicted octanol–water partition coefficient (Wildman–Crippen LogP) is 3.39. The molecular weight excluding hydrogens is 306 g/mol. The maximum absolute atomic E-state index is 13.2. The quantitative estimate of drug-likeness (QED) is 0.572. The second-order valence-corrected chi connectivity index (χ2v) is 8.55. The van der Waals surface area contributed by atoms with Crippen molar-refractivity contribution in [3.8, 4) is 0 Å². The van der Waals surface area contributed by atoms with Crippen molar-refractivity contribution in [2.75, 3.05) is 38.4 Å². The van der Waals surface area contributed by atoms with Gasteiger partial charge in [-0.25, -0.2) is 9.34 Å². The molecule has 0 bridgehead atoms. The maximum atomic E-state index is 13.2. The molecule has 0 amide bonds. The van der Waals surface area contributed by atoms with Crippen molar-refractivity contribution >= 4 is 30.9 Å². The number of rotatable bonds is 5. The average molecular weight is 329 g/mol. The van der Waals surface area contributed by atoms with Crippen LogP contribution in [0.5, 0.6) is 0 Å². The van der Waals surface area contributed by atoms with Gasteiger partial charge in [-0.3, -0.25) is 4.57 Å². The molecule has 0 aromatic carbocycles. The lowest BCUT2D eigenvalue weighted by Gasteiger charge is -2.47. The van der Waals surface area contributed by atoms with Crippen molar-refractivity contribution in [2.24, 2.45) is 5.92 Å². The van der Waals surface area contributed by atoms with Crippen LogP contribution >= 0.6 is 30.9 Å². The summed E-state index contributed by atoms with van der Waals surface area (Å²) in [5.74, 6) is 1.40. The van der Waals surface area contributed by atoms with E-state index in [-0.39, 0.29) is 6.10 Å². The Morgan fingerprint density at radius 3 is 2.53 bits per heavy atom. The largest absolute Gasteiger partial charge is 0.346 e. The van der Waals surface area contributed by atoms with Crippen molar-refractivity contribution in [3.63, 3.8) is 0 Å². The topological polar surface area (TPSA) is 32.8 Å². The molecular formula is C12H23Cl2N2O2P. The van der Waals surface area contributed by atoms with Crippen molar-refractivity contribution in [3.05, 3.63) is 0 Å². The molecule has 4 nitrogen and oxygen atoms in total. The van der Waals surface area contributed by atoms with E-state index in [1.54, 1.807) is 0 Å². The van der Waals surface area contributed by atoms with Crippen LogP contribution in [0.3, 0.4) is 0 Å². The summed E-state index contributed by atoms with van der Waals surface area (Å²) in [4.78, 5) is 0. The van der Waals surface area contributed by atoms with Gasteiger partial charge in [0.1, 0.15) is 0 Å². The smallest absolute Gasteiger partial charge is 0.302 e. The number of hydrogen-bond acceptors (Lipinski definition) is 2. The van der Waals surface area contributed by atoms with Gasteiger partial charge in [-0.05, 0) is 25.8 Å². The highest BCUT2D eigenvalue weighted by atomic mass is 35.5. The van der Waals surface area contributed by atoms with E-state index in [2.05, 4.69) is 0 Å². The summed E-state index contributed by atoms with van der Waals surface area (Å²) in [6.45, 7) is 1.95. The second kappa shape index (κ2) is 7.11. The lowest BCUT2D eigenvalue weighted by molar-refractivity contribution is 0.0304. The summed E-state index contributed by atoms with van der Waals surface area (Å²) in [5, 5.41) is 0. The molecule has 7 heteroatoms. The summed E-state index contributed by atoms with van der Waals surface area (Å²) in [6.07, 6.45) is 4.79. The molecule has 1 aliphatic carbocycles. The van der Waals surface area contributed by atoms with Crippen LogP contribution in [0.2, 0.25) is 0 Å². The SMILES string of the molecule is CN1C[C@H]2CCCC[C@@H]2O[P@]1(=O)N(CCCl)CCCl. The fraction of sp³-hybridized carbons (Fsp3) is 1.00. The van der Waals surface area contributed by atoms with Gasteiger partial charge in [0, 0.05) is 31.4 Å². The predicted molar refractivity (Wildman–Crippen MR) is 80.1 cm³/mol. The highest BCUT2D eigenvalue weighted by molar-refractivity contribution is 7.54. The Labute approximate surface area is 125 Å². The average Bonchev–Trinajstić information content (AvgIpc) is 2.40. The lowest BCUT2D eigenvalue weighted by atomic mass is 9.86. The monoisotopic (exact) mass is 328 g/mol. The van der Waals surface area contributed by atoms with E-state index in [1.807, 2.05) is 16.4 Å². The van der Waals surface area contributed by atoms with Crippen molar-refractivity contribution in [2.45, 2.75) is 31.8 Å². The van der Waals surface area contributed by atoms with Crippen molar-refractivity contribution in [1.29, 1.82) is 0 Å². The second-order valence-electron chi connectivity index (χ2n) is 5.35. The third kappa shape index (κ3) is 3.48. The van der Waals surface area contributed by atoms with Gasteiger partial charge < -0.3 is 4.52 Å². The Bertz CT molecular complexity index is 340. The van der Waals surface area contributed by atoms with Gasteiger partial charge in [0.2, 0.25) is 0 Å². The lowest BCUT2D eigenvalue weighted by Crippen LogP contribution is -2.46.